The summed E-state index contributed by atoms with van der Waals surface area (Å²) in [4.78, 5) is 21.3. The van der Waals surface area contributed by atoms with Gasteiger partial charge in [0.15, 0.2) is 0 Å². The van der Waals surface area contributed by atoms with Gasteiger partial charge < -0.3 is 0 Å². The predicted octanol–water partition coefficient (Wildman–Crippen LogP) is 3.21. The topological polar surface area (TPSA) is 47.8 Å². The van der Waals surface area contributed by atoms with E-state index >= 15 is 0 Å². The monoisotopic (exact) mass is 293 g/mol. The van der Waals surface area contributed by atoms with Crippen molar-refractivity contribution < 1.29 is 0 Å². The lowest BCUT2D eigenvalue weighted by atomic mass is 10.1. The van der Waals surface area contributed by atoms with E-state index in [-0.39, 0.29) is 11.6 Å². The lowest BCUT2D eigenvalue weighted by Crippen LogP contribution is -2.25. The Bertz CT molecular complexity index is 869. The molecule has 0 N–H and O–H groups in total. The Morgan fingerprint density at radius 3 is 2.59 bits per heavy atom. The normalized spacial score (nSPS) is 12.5. The van der Waals surface area contributed by atoms with Crippen molar-refractivity contribution in [3.05, 3.63) is 70.0 Å². The van der Waals surface area contributed by atoms with Gasteiger partial charge in [0.25, 0.3) is 5.56 Å². The van der Waals surface area contributed by atoms with Crippen LogP contribution in [0.2, 0.25) is 0 Å². The van der Waals surface area contributed by atoms with Crippen molar-refractivity contribution in [2.45, 2.75) is 33.2 Å². The summed E-state index contributed by atoms with van der Waals surface area (Å²) < 4.78 is 1.72. The Hall–Kier alpha value is -2.49. The molecule has 0 radical (unpaired) electrons. The zero-order chi connectivity index (χ0) is 15.7. The van der Waals surface area contributed by atoms with Crippen LogP contribution in [0.3, 0.4) is 0 Å². The largest absolute Gasteiger partial charge is 0.296 e. The smallest absolute Gasteiger partial charge is 0.261 e. The number of pyridine rings is 1. The van der Waals surface area contributed by atoms with Crippen LogP contribution < -0.4 is 5.56 Å². The van der Waals surface area contributed by atoms with E-state index in [0.717, 1.165) is 28.6 Å². The first-order valence-electron chi connectivity index (χ1n) is 7.44. The molecule has 112 valence electrons. The van der Waals surface area contributed by atoms with E-state index in [1.54, 1.807) is 23.3 Å². The van der Waals surface area contributed by atoms with Crippen LogP contribution in [0.1, 0.15) is 29.7 Å². The van der Waals surface area contributed by atoms with Crippen molar-refractivity contribution in [3.8, 4) is 0 Å². The molecule has 0 aliphatic heterocycles. The lowest BCUT2D eigenvalue weighted by Gasteiger charge is -2.16. The minimum Gasteiger partial charge on any atom is -0.296 e. The van der Waals surface area contributed by atoms with Crippen molar-refractivity contribution >= 4 is 10.9 Å². The van der Waals surface area contributed by atoms with E-state index in [0.29, 0.717) is 5.39 Å². The second-order valence-corrected chi connectivity index (χ2v) is 5.77. The second-order valence-electron chi connectivity index (χ2n) is 5.77. The summed E-state index contributed by atoms with van der Waals surface area (Å²) in [6.45, 7) is 6.08. The average Bonchev–Trinajstić information content (AvgIpc) is 2.52. The Morgan fingerprint density at radius 1 is 1.14 bits per heavy atom. The summed E-state index contributed by atoms with van der Waals surface area (Å²) in [7, 11) is 0. The van der Waals surface area contributed by atoms with Gasteiger partial charge in [0.1, 0.15) is 0 Å². The molecular formula is C18H19N3O. The molecule has 3 rings (SSSR count). The Labute approximate surface area is 129 Å². The van der Waals surface area contributed by atoms with Gasteiger partial charge in [0.05, 0.1) is 17.2 Å². The highest BCUT2D eigenvalue weighted by Gasteiger charge is 2.12. The molecule has 0 saturated heterocycles. The molecule has 1 atom stereocenters. The standard InChI is InChI=1S/C18H19N3O/c1-12-4-5-16-17(14(12)3)20-11-21(18(16)22)13(2)10-15-6-8-19-9-7-15/h4-9,11,13H,10H2,1-3H3. The maximum atomic E-state index is 12.7. The molecule has 0 fully saturated rings. The second kappa shape index (κ2) is 5.72. The molecule has 4 nitrogen and oxygen atoms in total. The third kappa shape index (κ3) is 2.52. The number of aryl methyl sites for hydroxylation is 2. The van der Waals surface area contributed by atoms with E-state index in [2.05, 4.69) is 9.97 Å². The third-order valence-electron chi connectivity index (χ3n) is 4.23. The zero-order valence-electron chi connectivity index (χ0n) is 13.1. The van der Waals surface area contributed by atoms with Crippen molar-refractivity contribution in [2.75, 3.05) is 0 Å². The van der Waals surface area contributed by atoms with Gasteiger partial charge in [-0.1, -0.05) is 6.07 Å². The predicted molar refractivity (Wildman–Crippen MR) is 88.1 cm³/mol. The fourth-order valence-electron chi connectivity index (χ4n) is 2.72. The SMILES string of the molecule is Cc1ccc2c(=O)n(C(C)Cc3ccncc3)cnc2c1C. The molecule has 0 amide bonds. The number of rotatable bonds is 3. The first kappa shape index (κ1) is 14.4. The molecule has 1 unspecified atom stereocenters. The maximum Gasteiger partial charge on any atom is 0.261 e. The van der Waals surface area contributed by atoms with Gasteiger partial charge in [0.2, 0.25) is 0 Å². The number of benzene rings is 1. The minimum atomic E-state index is 0.0228. The maximum absolute atomic E-state index is 12.7. The summed E-state index contributed by atoms with van der Waals surface area (Å²) in [5.74, 6) is 0. The van der Waals surface area contributed by atoms with E-state index in [1.807, 2.05) is 45.0 Å². The highest BCUT2D eigenvalue weighted by molar-refractivity contribution is 5.81. The van der Waals surface area contributed by atoms with Crippen LogP contribution in [0.25, 0.3) is 10.9 Å². The summed E-state index contributed by atoms with van der Waals surface area (Å²) in [6, 6.07) is 7.86. The van der Waals surface area contributed by atoms with Crippen LogP contribution in [-0.2, 0) is 6.42 Å². The number of fused-ring (bicyclic) bond motifs is 1. The molecule has 2 heterocycles. The first-order chi connectivity index (χ1) is 10.6. The van der Waals surface area contributed by atoms with Crippen LogP contribution in [0.15, 0.2) is 47.8 Å². The summed E-state index contributed by atoms with van der Waals surface area (Å²) in [6.07, 6.45) is 5.99. The molecule has 0 saturated carbocycles. The Balaban J connectivity index is 2.03. The summed E-state index contributed by atoms with van der Waals surface area (Å²) in [5, 5.41) is 0.687. The molecule has 0 bridgehead atoms. The van der Waals surface area contributed by atoms with Gasteiger partial charge >= 0.3 is 0 Å². The van der Waals surface area contributed by atoms with Gasteiger partial charge in [-0.05, 0) is 62.1 Å². The molecule has 0 aliphatic rings. The average molecular weight is 293 g/mol. The van der Waals surface area contributed by atoms with Crippen LogP contribution in [-0.4, -0.2) is 14.5 Å². The molecule has 2 aromatic heterocycles. The highest BCUT2D eigenvalue weighted by atomic mass is 16.1. The molecule has 22 heavy (non-hydrogen) atoms. The van der Waals surface area contributed by atoms with Crippen LogP contribution in [0.5, 0.6) is 0 Å². The van der Waals surface area contributed by atoms with E-state index in [9.17, 15) is 4.79 Å². The summed E-state index contributed by atoms with van der Waals surface area (Å²) >= 11 is 0. The molecule has 3 aromatic rings. The number of nitrogens with zero attached hydrogens (tertiary/aromatic N) is 3. The van der Waals surface area contributed by atoms with Crippen LogP contribution in [0.4, 0.5) is 0 Å². The fourth-order valence-corrected chi connectivity index (χ4v) is 2.72. The fraction of sp³-hybridized carbons (Fsp3) is 0.278. The van der Waals surface area contributed by atoms with Crippen LogP contribution >= 0.6 is 0 Å². The van der Waals surface area contributed by atoms with Gasteiger partial charge in [-0.25, -0.2) is 4.98 Å². The number of hydrogen-bond donors (Lipinski definition) is 0. The first-order valence-corrected chi connectivity index (χ1v) is 7.44. The third-order valence-corrected chi connectivity index (χ3v) is 4.23. The van der Waals surface area contributed by atoms with Gasteiger partial charge in [0, 0.05) is 18.4 Å². The lowest BCUT2D eigenvalue weighted by molar-refractivity contribution is 0.523. The van der Waals surface area contributed by atoms with E-state index in [4.69, 9.17) is 0 Å². The zero-order valence-corrected chi connectivity index (χ0v) is 13.1. The molecule has 1 aromatic carbocycles. The Morgan fingerprint density at radius 2 is 1.86 bits per heavy atom. The van der Waals surface area contributed by atoms with Gasteiger partial charge in [-0.2, -0.15) is 0 Å². The minimum absolute atomic E-state index is 0.0228. The van der Waals surface area contributed by atoms with E-state index < -0.39 is 0 Å². The van der Waals surface area contributed by atoms with Crippen molar-refractivity contribution in [1.82, 2.24) is 14.5 Å². The van der Waals surface area contributed by atoms with Gasteiger partial charge in [-0.3, -0.25) is 14.3 Å². The molecule has 0 aliphatic carbocycles. The van der Waals surface area contributed by atoms with E-state index in [1.165, 1.54) is 0 Å². The van der Waals surface area contributed by atoms with Gasteiger partial charge in [-0.15, -0.1) is 0 Å². The number of hydrogen-bond acceptors (Lipinski definition) is 3. The number of aromatic nitrogens is 3. The van der Waals surface area contributed by atoms with Crippen molar-refractivity contribution in [2.24, 2.45) is 0 Å². The van der Waals surface area contributed by atoms with Crippen molar-refractivity contribution in [3.63, 3.8) is 0 Å². The highest BCUT2D eigenvalue weighted by Crippen LogP contribution is 2.18. The Kier molecular flexibility index (Phi) is 3.75. The summed E-state index contributed by atoms with van der Waals surface area (Å²) in [5.41, 5.74) is 4.21. The quantitative estimate of drug-likeness (QED) is 0.745. The molecule has 4 heteroatoms. The molecular weight excluding hydrogens is 274 g/mol. The molecule has 0 spiro atoms. The van der Waals surface area contributed by atoms with Crippen molar-refractivity contribution in [1.29, 1.82) is 0 Å². The van der Waals surface area contributed by atoms with Crippen LogP contribution in [0, 0.1) is 13.8 Å².